The molecule has 0 saturated heterocycles. The first-order valence-corrected chi connectivity index (χ1v) is 7.77. The van der Waals surface area contributed by atoms with Crippen molar-refractivity contribution < 1.29 is 23.9 Å². The van der Waals surface area contributed by atoms with E-state index in [0.29, 0.717) is 23.0 Å². The highest BCUT2D eigenvalue weighted by atomic mass is 16.5. The fraction of sp³-hybridized carbons (Fsp3) is 0.412. The van der Waals surface area contributed by atoms with Gasteiger partial charge in [-0.25, -0.2) is 0 Å². The van der Waals surface area contributed by atoms with Crippen LogP contribution in [-0.4, -0.2) is 36.9 Å². The lowest BCUT2D eigenvalue weighted by molar-refractivity contribution is 0.0907. The molecule has 2 N–H and O–H groups in total. The van der Waals surface area contributed by atoms with Crippen LogP contribution in [0.1, 0.15) is 46.7 Å². The van der Waals surface area contributed by atoms with Crippen LogP contribution in [-0.2, 0) is 0 Å². The molecule has 1 aliphatic carbocycles. The summed E-state index contributed by atoms with van der Waals surface area (Å²) in [5.41, 5.74) is 0.850. The number of nitrogens with one attached hydrogen (secondary N) is 1. The molecule has 1 aromatic heterocycles. The highest BCUT2D eigenvalue weighted by Gasteiger charge is 2.29. The third kappa shape index (κ3) is 3.51. The monoisotopic (exact) mass is 332 g/mol. The maximum absolute atomic E-state index is 12.1. The Morgan fingerprint density at radius 2 is 2.08 bits per heavy atom. The van der Waals surface area contributed by atoms with Gasteiger partial charge in [-0.05, 0) is 30.5 Å². The molecule has 24 heavy (non-hydrogen) atoms. The maximum atomic E-state index is 12.1. The fourth-order valence-electron chi connectivity index (χ4n) is 2.41. The molecule has 7 heteroatoms. The van der Waals surface area contributed by atoms with Gasteiger partial charge in [-0.1, -0.05) is 11.2 Å². The average molecular weight is 332 g/mol. The van der Waals surface area contributed by atoms with Crippen LogP contribution in [0.5, 0.6) is 11.5 Å². The van der Waals surface area contributed by atoms with E-state index in [9.17, 15) is 9.90 Å². The third-order valence-electron chi connectivity index (χ3n) is 3.99. The van der Waals surface area contributed by atoms with Gasteiger partial charge in [0.15, 0.2) is 17.2 Å². The zero-order valence-corrected chi connectivity index (χ0v) is 13.6. The zero-order chi connectivity index (χ0) is 17.1. The van der Waals surface area contributed by atoms with Gasteiger partial charge in [0.2, 0.25) is 0 Å². The van der Waals surface area contributed by atoms with Crippen molar-refractivity contribution in [3.8, 4) is 11.5 Å². The average Bonchev–Trinajstić information content (AvgIpc) is 3.35. The van der Waals surface area contributed by atoms with Crippen molar-refractivity contribution in [2.45, 2.75) is 24.9 Å². The molecule has 0 aliphatic heterocycles. The van der Waals surface area contributed by atoms with E-state index in [0.717, 1.165) is 18.6 Å². The first-order valence-electron chi connectivity index (χ1n) is 7.77. The first kappa shape index (κ1) is 16.3. The van der Waals surface area contributed by atoms with Gasteiger partial charge in [-0.3, -0.25) is 4.79 Å². The fourth-order valence-corrected chi connectivity index (χ4v) is 2.41. The van der Waals surface area contributed by atoms with Crippen LogP contribution < -0.4 is 14.8 Å². The molecular formula is C17H20N2O5. The molecule has 1 aliphatic rings. The van der Waals surface area contributed by atoms with Crippen LogP contribution >= 0.6 is 0 Å². The molecule has 0 spiro atoms. The molecule has 3 rings (SSSR count). The summed E-state index contributed by atoms with van der Waals surface area (Å²) >= 11 is 0. The molecule has 128 valence electrons. The molecule has 2 aromatic rings. The number of aromatic nitrogens is 1. The highest BCUT2D eigenvalue weighted by Crippen LogP contribution is 2.40. The van der Waals surface area contributed by atoms with Crippen LogP contribution in [0, 0.1) is 0 Å². The van der Waals surface area contributed by atoms with E-state index in [1.165, 1.54) is 7.11 Å². The molecule has 1 fully saturated rings. The number of nitrogens with zero attached hydrogens (tertiary/aromatic N) is 1. The number of ether oxygens (including phenoxy) is 2. The van der Waals surface area contributed by atoms with Gasteiger partial charge in [0.25, 0.3) is 5.91 Å². The van der Waals surface area contributed by atoms with E-state index in [1.807, 2.05) is 0 Å². The molecule has 0 radical (unpaired) electrons. The SMILES string of the molecule is COc1ccc(C(O)CNC(=O)c2cc(C3CC3)on2)cc1OC. The molecule has 1 aromatic carbocycles. The maximum Gasteiger partial charge on any atom is 0.273 e. The van der Waals surface area contributed by atoms with Gasteiger partial charge >= 0.3 is 0 Å². The van der Waals surface area contributed by atoms with Crippen molar-refractivity contribution in [3.05, 3.63) is 41.3 Å². The Morgan fingerprint density at radius 3 is 2.75 bits per heavy atom. The van der Waals surface area contributed by atoms with Gasteiger partial charge in [0, 0.05) is 18.5 Å². The molecule has 1 atom stereocenters. The Kier molecular flexibility index (Phi) is 4.71. The summed E-state index contributed by atoms with van der Waals surface area (Å²) in [7, 11) is 3.07. The van der Waals surface area contributed by atoms with E-state index in [-0.39, 0.29) is 18.1 Å². The molecule has 1 heterocycles. The molecule has 0 bridgehead atoms. The minimum atomic E-state index is -0.872. The Morgan fingerprint density at radius 1 is 1.33 bits per heavy atom. The summed E-state index contributed by atoms with van der Waals surface area (Å²) in [6.45, 7) is 0.0555. The zero-order valence-electron chi connectivity index (χ0n) is 13.6. The Labute approximate surface area is 139 Å². The van der Waals surface area contributed by atoms with Crippen LogP contribution in [0.4, 0.5) is 0 Å². The number of carbonyl (C=O) groups is 1. The lowest BCUT2D eigenvalue weighted by Crippen LogP contribution is -2.28. The molecule has 7 nitrogen and oxygen atoms in total. The number of carbonyl (C=O) groups excluding carboxylic acids is 1. The lowest BCUT2D eigenvalue weighted by Gasteiger charge is -2.14. The quantitative estimate of drug-likeness (QED) is 0.806. The second kappa shape index (κ2) is 6.92. The Balaban J connectivity index is 1.59. The second-order valence-electron chi connectivity index (χ2n) is 5.73. The Bertz CT molecular complexity index is 724. The number of rotatable bonds is 7. The third-order valence-corrected chi connectivity index (χ3v) is 3.99. The number of amides is 1. The summed E-state index contributed by atoms with van der Waals surface area (Å²) in [5.74, 6) is 1.88. The van der Waals surface area contributed by atoms with Gasteiger partial charge in [-0.15, -0.1) is 0 Å². The topological polar surface area (TPSA) is 93.8 Å². The van der Waals surface area contributed by atoms with Crippen molar-refractivity contribution in [2.75, 3.05) is 20.8 Å². The number of benzene rings is 1. The number of methoxy groups -OCH3 is 2. The van der Waals surface area contributed by atoms with Crippen LogP contribution in [0.25, 0.3) is 0 Å². The summed E-state index contributed by atoms with van der Waals surface area (Å²) in [6.07, 6.45) is 1.28. The predicted octanol–water partition coefficient (Wildman–Crippen LogP) is 2.03. The minimum absolute atomic E-state index is 0.0555. The number of hydrogen-bond donors (Lipinski definition) is 2. The second-order valence-corrected chi connectivity index (χ2v) is 5.73. The van der Waals surface area contributed by atoms with Gasteiger partial charge in [0.1, 0.15) is 5.76 Å². The van der Waals surface area contributed by atoms with Crippen LogP contribution in [0.3, 0.4) is 0 Å². The van der Waals surface area contributed by atoms with Crippen LogP contribution in [0.15, 0.2) is 28.8 Å². The molecule has 1 saturated carbocycles. The summed E-state index contributed by atoms with van der Waals surface area (Å²) in [4.78, 5) is 12.1. The highest BCUT2D eigenvalue weighted by molar-refractivity contribution is 5.92. The van der Waals surface area contributed by atoms with E-state index < -0.39 is 6.10 Å². The summed E-state index contributed by atoms with van der Waals surface area (Å²) < 4.78 is 15.5. The van der Waals surface area contributed by atoms with E-state index >= 15 is 0 Å². The largest absolute Gasteiger partial charge is 0.493 e. The Hall–Kier alpha value is -2.54. The minimum Gasteiger partial charge on any atom is -0.493 e. The van der Waals surface area contributed by atoms with Crippen molar-refractivity contribution in [1.82, 2.24) is 10.5 Å². The predicted molar refractivity (Wildman–Crippen MR) is 85.3 cm³/mol. The molecule has 1 unspecified atom stereocenters. The van der Waals surface area contributed by atoms with E-state index in [2.05, 4.69) is 10.5 Å². The van der Waals surface area contributed by atoms with Gasteiger partial charge in [-0.2, -0.15) is 0 Å². The number of aliphatic hydroxyl groups is 1. The summed E-state index contributed by atoms with van der Waals surface area (Å²) in [5, 5.41) is 16.7. The first-order chi connectivity index (χ1) is 11.6. The van der Waals surface area contributed by atoms with Crippen molar-refractivity contribution in [2.24, 2.45) is 0 Å². The van der Waals surface area contributed by atoms with E-state index in [4.69, 9.17) is 14.0 Å². The number of hydrogen-bond acceptors (Lipinski definition) is 6. The van der Waals surface area contributed by atoms with Crippen molar-refractivity contribution >= 4 is 5.91 Å². The molecule has 1 amide bonds. The normalized spacial score (nSPS) is 15.0. The lowest BCUT2D eigenvalue weighted by atomic mass is 10.1. The summed E-state index contributed by atoms with van der Waals surface area (Å²) in [6, 6.07) is 6.77. The molecular weight excluding hydrogens is 312 g/mol. The smallest absolute Gasteiger partial charge is 0.273 e. The van der Waals surface area contributed by atoms with Crippen LogP contribution in [0.2, 0.25) is 0 Å². The number of aliphatic hydroxyl groups excluding tert-OH is 1. The standard InChI is InChI=1S/C17H20N2O5/c1-22-14-6-5-11(7-16(14)23-2)13(20)9-18-17(21)12-8-15(24-19-12)10-3-4-10/h5-8,10,13,20H,3-4,9H2,1-2H3,(H,18,21). The van der Waals surface area contributed by atoms with Gasteiger partial charge < -0.3 is 24.4 Å². The van der Waals surface area contributed by atoms with E-state index in [1.54, 1.807) is 31.4 Å². The van der Waals surface area contributed by atoms with Gasteiger partial charge in [0.05, 0.1) is 20.3 Å². The van der Waals surface area contributed by atoms with Crippen molar-refractivity contribution in [3.63, 3.8) is 0 Å². The van der Waals surface area contributed by atoms with Crippen molar-refractivity contribution in [1.29, 1.82) is 0 Å².